The fourth-order valence-electron chi connectivity index (χ4n) is 3.23. The summed E-state index contributed by atoms with van der Waals surface area (Å²) in [6.07, 6.45) is -0.227. The lowest BCUT2D eigenvalue weighted by atomic mass is 10.00. The average Bonchev–Trinajstić information content (AvgIpc) is 3.21. The maximum absolute atomic E-state index is 13.0. The van der Waals surface area contributed by atoms with Gasteiger partial charge in [-0.3, -0.25) is 4.90 Å². The minimum atomic E-state index is -0.364. The van der Waals surface area contributed by atoms with Crippen LogP contribution in [0.1, 0.15) is 31.7 Å². The zero-order valence-corrected chi connectivity index (χ0v) is 18.6. The van der Waals surface area contributed by atoms with E-state index in [4.69, 9.17) is 26.4 Å². The van der Waals surface area contributed by atoms with E-state index >= 15 is 0 Å². The Hall–Kier alpha value is -2.58. The smallest absolute Gasteiger partial charge is 0.338 e. The maximum Gasteiger partial charge on any atom is 0.338 e. The van der Waals surface area contributed by atoms with Crippen molar-refractivity contribution in [3.05, 3.63) is 51.9 Å². The fourth-order valence-corrected chi connectivity index (χ4v) is 4.37. The van der Waals surface area contributed by atoms with Crippen LogP contribution in [0.2, 0.25) is 0 Å². The molecule has 29 heavy (non-hydrogen) atoms. The van der Waals surface area contributed by atoms with Crippen molar-refractivity contribution in [1.82, 2.24) is 5.32 Å². The van der Waals surface area contributed by atoms with Gasteiger partial charge in [-0.05, 0) is 56.6 Å². The molecule has 0 bridgehead atoms. The molecule has 2 heterocycles. The molecule has 0 saturated heterocycles. The number of nitrogens with zero attached hydrogens (tertiary/aromatic N) is 1. The fraction of sp³-hybridized carbons (Fsp3) is 0.333. The molecular weight excluding hydrogens is 408 g/mol. The van der Waals surface area contributed by atoms with Crippen LogP contribution in [-0.2, 0) is 9.53 Å². The van der Waals surface area contributed by atoms with Crippen LogP contribution < -0.4 is 19.7 Å². The Morgan fingerprint density at radius 1 is 1.21 bits per heavy atom. The summed E-state index contributed by atoms with van der Waals surface area (Å²) in [5.41, 5.74) is 2.01. The van der Waals surface area contributed by atoms with E-state index in [1.165, 1.54) is 0 Å². The summed E-state index contributed by atoms with van der Waals surface area (Å²) in [5, 5.41) is 5.77. The molecule has 0 radical (unpaired) electrons. The van der Waals surface area contributed by atoms with Gasteiger partial charge in [-0.1, -0.05) is 6.07 Å². The number of thiophene rings is 1. The Bertz CT molecular complexity index is 938. The molecule has 1 atom stereocenters. The lowest BCUT2D eigenvalue weighted by Crippen LogP contribution is -2.48. The molecule has 0 amide bonds. The summed E-state index contributed by atoms with van der Waals surface area (Å²) in [5.74, 6) is 0.827. The van der Waals surface area contributed by atoms with Gasteiger partial charge in [0, 0.05) is 16.6 Å². The second-order valence-electron chi connectivity index (χ2n) is 6.73. The highest BCUT2D eigenvalue weighted by Gasteiger charge is 2.36. The molecule has 6 nitrogen and oxygen atoms in total. The number of rotatable bonds is 6. The van der Waals surface area contributed by atoms with E-state index < -0.39 is 0 Å². The van der Waals surface area contributed by atoms with E-state index in [0.717, 1.165) is 10.6 Å². The van der Waals surface area contributed by atoms with Crippen LogP contribution in [-0.4, -0.2) is 31.4 Å². The molecule has 2 aromatic rings. The van der Waals surface area contributed by atoms with Gasteiger partial charge in [-0.2, -0.15) is 0 Å². The molecule has 0 fully saturated rings. The predicted octanol–water partition coefficient (Wildman–Crippen LogP) is 4.43. The standard InChI is InChI=1S/C21H24N2O4S2/c1-12(2)27-20(24)18-13(3)23(14-8-9-15(25-4)16(11-14)26-5)21(28)22-19(18)17-7-6-10-29-17/h6-12,19H,1-5H3,(H,22,28). The van der Waals surface area contributed by atoms with Gasteiger partial charge < -0.3 is 19.5 Å². The van der Waals surface area contributed by atoms with Crippen molar-refractivity contribution < 1.29 is 19.0 Å². The highest BCUT2D eigenvalue weighted by Crippen LogP contribution is 2.38. The Labute approximate surface area is 180 Å². The highest BCUT2D eigenvalue weighted by molar-refractivity contribution is 7.80. The van der Waals surface area contributed by atoms with Crippen LogP contribution >= 0.6 is 23.6 Å². The van der Waals surface area contributed by atoms with E-state index in [1.807, 2.05) is 61.4 Å². The van der Waals surface area contributed by atoms with Gasteiger partial charge in [0.1, 0.15) is 0 Å². The van der Waals surface area contributed by atoms with Crippen LogP contribution in [0.5, 0.6) is 11.5 Å². The topological polar surface area (TPSA) is 60.0 Å². The average molecular weight is 433 g/mol. The Morgan fingerprint density at radius 2 is 1.93 bits per heavy atom. The second-order valence-corrected chi connectivity index (χ2v) is 8.09. The normalized spacial score (nSPS) is 16.7. The number of hydrogen-bond acceptors (Lipinski definition) is 6. The number of hydrogen-bond donors (Lipinski definition) is 1. The second kappa shape index (κ2) is 8.84. The van der Waals surface area contributed by atoms with Gasteiger partial charge in [-0.15, -0.1) is 11.3 Å². The van der Waals surface area contributed by atoms with Crippen molar-refractivity contribution >= 4 is 40.3 Å². The van der Waals surface area contributed by atoms with Gasteiger partial charge in [0.05, 0.1) is 37.6 Å². The van der Waals surface area contributed by atoms with Crippen molar-refractivity contribution in [2.75, 3.05) is 19.1 Å². The zero-order valence-electron chi connectivity index (χ0n) is 17.0. The SMILES string of the molecule is COc1ccc(N2C(=S)NC(c3cccs3)C(C(=O)OC(C)C)=C2C)cc1OC. The Balaban J connectivity index is 2.12. The summed E-state index contributed by atoms with van der Waals surface area (Å²) in [4.78, 5) is 15.8. The highest BCUT2D eigenvalue weighted by atomic mass is 32.1. The van der Waals surface area contributed by atoms with Gasteiger partial charge in [-0.25, -0.2) is 4.79 Å². The van der Waals surface area contributed by atoms with Gasteiger partial charge in [0.15, 0.2) is 16.6 Å². The van der Waals surface area contributed by atoms with Crippen molar-refractivity contribution in [3.63, 3.8) is 0 Å². The number of allylic oxidation sites excluding steroid dienone is 1. The number of carbonyl (C=O) groups excluding carboxylic acids is 1. The number of ether oxygens (including phenoxy) is 3. The van der Waals surface area contributed by atoms with Gasteiger partial charge >= 0.3 is 5.97 Å². The van der Waals surface area contributed by atoms with Crippen molar-refractivity contribution in [3.8, 4) is 11.5 Å². The first-order valence-electron chi connectivity index (χ1n) is 9.15. The largest absolute Gasteiger partial charge is 0.493 e. The van der Waals surface area contributed by atoms with Crippen molar-refractivity contribution in [1.29, 1.82) is 0 Å². The molecular formula is C21H24N2O4S2. The number of nitrogens with one attached hydrogen (secondary N) is 1. The van der Waals surface area contributed by atoms with Gasteiger partial charge in [0.2, 0.25) is 0 Å². The van der Waals surface area contributed by atoms with E-state index in [0.29, 0.717) is 27.9 Å². The molecule has 1 aromatic heterocycles. The van der Waals surface area contributed by atoms with Crippen LogP contribution in [0.15, 0.2) is 47.0 Å². The number of esters is 1. The molecule has 1 aliphatic rings. The Kier molecular flexibility index (Phi) is 6.44. The summed E-state index contributed by atoms with van der Waals surface area (Å²) in [6, 6.07) is 9.08. The van der Waals surface area contributed by atoms with E-state index in [9.17, 15) is 4.79 Å². The quantitative estimate of drug-likeness (QED) is 0.535. The zero-order chi connectivity index (χ0) is 21.1. The molecule has 0 saturated carbocycles. The molecule has 0 spiro atoms. The van der Waals surface area contributed by atoms with Crippen LogP contribution in [0.4, 0.5) is 5.69 Å². The predicted molar refractivity (Wildman–Crippen MR) is 119 cm³/mol. The number of benzene rings is 1. The lowest BCUT2D eigenvalue weighted by Gasteiger charge is -2.37. The molecule has 1 aliphatic heterocycles. The summed E-state index contributed by atoms with van der Waals surface area (Å²) < 4.78 is 16.3. The first kappa shape index (κ1) is 21.1. The first-order valence-corrected chi connectivity index (χ1v) is 10.4. The van der Waals surface area contributed by atoms with E-state index in [2.05, 4.69) is 5.32 Å². The van der Waals surface area contributed by atoms with E-state index in [-0.39, 0.29) is 18.1 Å². The molecule has 154 valence electrons. The van der Waals surface area contributed by atoms with Crippen molar-refractivity contribution in [2.24, 2.45) is 0 Å². The number of carbonyl (C=O) groups is 1. The van der Waals surface area contributed by atoms with Crippen LogP contribution in [0, 0.1) is 0 Å². The molecule has 0 aliphatic carbocycles. The molecule has 1 aromatic carbocycles. The molecule has 8 heteroatoms. The third kappa shape index (κ3) is 4.23. The number of thiocarbonyl (C=S) groups is 1. The monoisotopic (exact) mass is 432 g/mol. The third-order valence-corrected chi connectivity index (χ3v) is 5.74. The van der Waals surface area contributed by atoms with E-state index in [1.54, 1.807) is 25.6 Å². The summed E-state index contributed by atoms with van der Waals surface area (Å²) >= 11 is 7.23. The van der Waals surface area contributed by atoms with Crippen molar-refractivity contribution in [2.45, 2.75) is 32.9 Å². The van der Waals surface area contributed by atoms with Crippen LogP contribution in [0.25, 0.3) is 0 Å². The molecule has 1 N–H and O–H groups in total. The molecule has 3 rings (SSSR count). The molecule has 1 unspecified atom stereocenters. The number of anilines is 1. The summed E-state index contributed by atoms with van der Waals surface area (Å²) in [6.45, 7) is 5.54. The summed E-state index contributed by atoms with van der Waals surface area (Å²) in [7, 11) is 3.16. The minimum Gasteiger partial charge on any atom is -0.493 e. The lowest BCUT2D eigenvalue weighted by molar-refractivity contribution is -0.143. The maximum atomic E-state index is 13.0. The Morgan fingerprint density at radius 3 is 2.52 bits per heavy atom. The number of methoxy groups -OCH3 is 2. The first-order chi connectivity index (χ1) is 13.9. The van der Waals surface area contributed by atoms with Gasteiger partial charge in [0.25, 0.3) is 0 Å². The third-order valence-electron chi connectivity index (χ3n) is 4.50. The minimum absolute atomic E-state index is 0.227. The van der Waals surface area contributed by atoms with Crippen LogP contribution in [0.3, 0.4) is 0 Å².